The molecule has 0 radical (unpaired) electrons. The third-order valence-corrected chi connectivity index (χ3v) is 3.84. The molecule has 0 saturated carbocycles. The molecule has 22 heavy (non-hydrogen) atoms. The molecule has 2 heterocycles. The maximum atomic E-state index is 12.2. The van der Waals surface area contributed by atoms with Crippen LogP contribution >= 0.6 is 12.4 Å². The van der Waals surface area contributed by atoms with E-state index in [-0.39, 0.29) is 24.4 Å². The number of piperidine rings is 1. The van der Waals surface area contributed by atoms with E-state index in [1.165, 1.54) is 5.56 Å². The molecule has 0 bridgehead atoms. The van der Waals surface area contributed by atoms with Gasteiger partial charge in [-0.25, -0.2) is 0 Å². The van der Waals surface area contributed by atoms with E-state index in [1.54, 1.807) is 6.07 Å². The number of halogens is 1. The van der Waals surface area contributed by atoms with Gasteiger partial charge in [0, 0.05) is 11.6 Å². The summed E-state index contributed by atoms with van der Waals surface area (Å²) < 4.78 is 0. The Morgan fingerprint density at radius 1 is 1.23 bits per heavy atom. The first-order chi connectivity index (χ1) is 10.2. The molecule has 1 saturated heterocycles. The molecule has 3 N–H and O–H groups in total. The van der Waals surface area contributed by atoms with Crippen LogP contribution in [0.2, 0.25) is 0 Å². The van der Waals surface area contributed by atoms with Gasteiger partial charge in [-0.05, 0) is 38.9 Å². The van der Waals surface area contributed by atoms with Gasteiger partial charge in [-0.2, -0.15) is 5.10 Å². The summed E-state index contributed by atoms with van der Waals surface area (Å²) in [6.45, 7) is 3.97. The summed E-state index contributed by atoms with van der Waals surface area (Å²) in [5.41, 5.74) is 3.53. The van der Waals surface area contributed by atoms with Crippen molar-refractivity contribution >= 4 is 18.3 Å². The van der Waals surface area contributed by atoms with Crippen molar-refractivity contribution in [1.29, 1.82) is 0 Å². The van der Waals surface area contributed by atoms with Crippen molar-refractivity contribution in [2.24, 2.45) is 0 Å². The highest BCUT2D eigenvalue weighted by atomic mass is 35.5. The summed E-state index contributed by atoms with van der Waals surface area (Å²) in [6.07, 6.45) is 1.95. The van der Waals surface area contributed by atoms with Crippen molar-refractivity contribution in [3.8, 4) is 11.3 Å². The fourth-order valence-electron chi connectivity index (χ4n) is 2.54. The van der Waals surface area contributed by atoms with Crippen LogP contribution in [0.1, 0.15) is 28.9 Å². The van der Waals surface area contributed by atoms with E-state index in [9.17, 15) is 4.79 Å². The van der Waals surface area contributed by atoms with Crippen molar-refractivity contribution in [2.75, 3.05) is 13.1 Å². The summed E-state index contributed by atoms with van der Waals surface area (Å²) in [5, 5.41) is 13.4. The maximum Gasteiger partial charge on any atom is 0.269 e. The zero-order valence-corrected chi connectivity index (χ0v) is 13.4. The molecule has 1 aromatic heterocycles. The molecule has 2 aromatic rings. The van der Waals surface area contributed by atoms with E-state index in [0.29, 0.717) is 5.69 Å². The van der Waals surface area contributed by atoms with Gasteiger partial charge in [0.15, 0.2) is 0 Å². The lowest BCUT2D eigenvalue weighted by Crippen LogP contribution is -2.42. The minimum Gasteiger partial charge on any atom is -0.348 e. The van der Waals surface area contributed by atoms with Crippen LogP contribution in [0, 0.1) is 6.92 Å². The Hall–Kier alpha value is -1.85. The molecule has 1 aliphatic heterocycles. The second kappa shape index (κ2) is 7.42. The first kappa shape index (κ1) is 16.5. The molecule has 1 amide bonds. The highest BCUT2D eigenvalue weighted by Crippen LogP contribution is 2.18. The Labute approximate surface area is 136 Å². The van der Waals surface area contributed by atoms with E-state index in [2.05, 4.69) is 20.8 Å². The van der Waals surface area contributed by atoms with Gasteiger partial charge < -0.3 is 10.6 Å². The number of aryl methyl sites for hydroxylation is 1. The Bertz CT molecular complexity index is 617. The van der Waals surface area contributed by atoms with Crippen molar-refractivity contribution in [2.45, 2.75) is 25.8 Å². The molecule has 0 unspecified atom stereocenters. The number of hydrogen-bond donors (Lipinski definition) is 3. The standard InChI is InChI=1S/C16H20N4O.ClH/c1-11-2-4-12(5-3-11)14-10-15(20-19-14)16(21)18-13-6-8-17-9-7-13;/h2-5,10,13,17H,6-9H2,1H3,(H,18,21)(H,19,20);1H. The van der Waals surface area contributed by atoms with E-state index >= 15 is 0 Å². The monoisotopic (exact) mass is 320 g/mol. The number of carbonyl (C=O) groups excluding carboxylic acids is 1. The van der Waals surface area contributed by atoms with Gasteiger partial charge in [0.2, 0.25) is 0 Å². The van der Waals surface area contributed by atoms with E-state index in [0.717, 1.165) is 37.2 Å². The maximum absolute atomic E-state index is 12.2. The minimum atomic E-state index is -0.0761. The topological polar surface area (TPSA) is 69.8 Å². The second-order valence-corrected chi connectivity index (χ2v) is 5.53. The number of hydrogen-bond acceptors (Lipinski definition) is 3. The van der Waals surface area contributed by atoms with Crippen molar-refractivity contribution in [3.05, 3.63) is 41.6 Å². The Kier molecular flexibility index (Phi) is 5.57. The molecule has 5 nitrogen and oxygen atoms in total. The van der Waals surface area contributed by atoms with Crippen LogP contribution in [0.15, 0.2) is 30.3 Å². The Balaban J connectivity index is 0.00000176. The molecule has 0 atom stereocenters. The third kappa shape index (κ3) is 3.87. The summed E-state index contributed by atoms with van der Waals surface area (Å²) in [7, 11) is 0. The number of nitrogens with zero attached hydrogens (tertiary/aromatic N) is 1. The van der Waals surface area contributed by atoms with Crippen LogP contribution in [0.25, 0.3) is 11.3 Å². The van der Waals surface area contributed by atoms with Crippen molar-refractivity contribution < 1.29 is 4.79 Å². The van der Waals surface area contributed by atoms with Gasteiger partial charge in [-0.1, -0.05) is 29.8 Å². The summed E-state index contributed by atoms with van der Waals surface area (Å²) in [4.78, 5) is 12.2. The van der Waals surface area contributed by atoms with Crippen molar-refractivity contribution in [1.82, 2.24) is 20.8 Å². The predicted octanol–water partition coefficient (Wildman–Crippen LogP) is 2.29. The van der Waals surface area contributed by atoms with Crippen molar-refractivity contribution in [3.63, 3.8) is 0 Å². The van der Waals surface area contributed by atoms with E-state index in [1.807, 2.05) is 31.2 Å². The largest absolute Gasteiger partial charge is 0.348 e. The van der Waals surface area contributed by atoms with Gasteiger partial charge in [0.1, 0.15) is 5.69 Å². The molecule has 3 rings (SSSR count). The van der Waals surface area contributed by atoms with Gasteiger partial charge in [0.25, 0.3) is 5.91 Å². The quantitative estimate of drug-likeness (QED) is 0.812. The van der Waals surface area contributed by atoms with E-state index < -0.39 is 0 Å². The SMILES string of the molecule is Cc1ccc(-c2cc(C(=O)NC3CCNCC3)[nH]n2)cc1.Cl. The Morgan fingerprint density at radius 2 is 1.91 bits per heavy atom. The Morgan fingerprint density at radius 3 is 2.59 bits per heavy atom. The van der Waals surface area contributed by atoms with Crippen LogP contribution in [-0.2, 0) is 0 Å². The first-order valence-electron chi connectivity index (χ1n) is 7.36. The lowest BCUT2D eigenvalue weighted by molar-refractivity contribution is 0.0924. The molecular weight excluding hydrogens is 300 g/mol. The van der Waals surface area contributed by atoms with Gasteiger partial charge >= 0.3 is 0 Å². The van der Waals surface area contributed by atoms with Gasteiger partial charge in [0.05, 0.1) is 5.69 Å². The summed E-state index contributed by atoms with van der Waals surface area (Å²) in [5.74, 6) is -0.0761. The number of rotatable bonds is 3. The number of aromatic nitrogens is 2. The average molecular weight is 321 g/mol. The second-order valence-electron chi connectivity index (χ2n) is 5.53. The summed E-state index contributed by atoms with van der Waals surface area (Å²) in [6, 6.07) is 10.2. The molecule has 6 heteroatoms. The molecule has 1 aromatic carbocycles. The smallest absolute Gasteiger partial charge is 0.269 e. The zero-order valence-electron chi connectivity index (χ0n) is 12.6. The fraction of sp³-hybridized carbons (Fsp3) is 0.375. The minimum absolute atomic E-state index is 0. The molecule has 0 aliphatic carbocycles. The first-order valence-corrected chi connectivity index (χ1v) is 7.36. The molecular formula is C16H21ClN4O. The van der Waals surface area contributed by atoms with Crippen LogP contribution < -0.4 is 10.6 Å². The lowest BCUT2D eigenvalue weighted by Gasteiger charge is -2.23. The zero-order chi connectivity index (χ0) is 14.7. The predicted molar refractivity (Wildman–Crippen MR) is 89.4 cm³/mol. The van der Waals surface area contributed by atoms with Crippen LogP contribution in [-0.4, -0.2) is 35.2 Å². The number of benzene rings is 1. The highest BCUT2D eigenvalue weighted by molar-refractivity contribution is 5.93. The number of amides is 1. The molecule has 1 fully saturated rings. The fourth-order valence-corrected chi connectivity index (χ4v) is 2.54. The molecule has 118 valence electrons. The summed E-state index contributed by atoms with van der Waals surface area (Å²) >= 11 is 0. The van der Waals surface area contributed by atoms with Crippen LogP contribution in [0.4, 0.5) is 0 Å². The number of aromatic amines is 1. The number of nitrogens with one attached hydrogen (secondary N) is 3. The van der Waals surface area contributed by atoms with Gasteiger partial charge in [-0.15, -0.1) is 12.4 Å². The average Bonchev–Trinajstić information content (AvgIpc) is 2.99. The van der Waals surface area contributed by atoms with Crippen LogP contribution in [0.3, 0.4) is 0 Å². The number of carbonyl (C=O) groups is 1. The van der Waals surface area contributed by atoms with Gasteiger partial charge in [-0.3, -0.25) is 9.89 Å². The lowest BCUT2D eigenvalue weighted by atomic mass is 10.1. The number of H-pyrrole nitrogens is 1. The van der Waals surface area contributed by atoms with Crippen LogP contribution in [0.5, 0.6) is 0 Å². The highest BCUT2D eigenvalue weighted by Gasteiger charge is 2.18. The molecule has 1 aliphatic rings. The normalized spacial score (nSPS) is 15.1. The third-order valence-electron chi connectivity index (χ3n) is 3.84. The van der Waals surface area contributed by atoms with E-state index in [4.69, 9.17) is 0 Å². The molecule has 0 spiro atoms.